The molecule has 0 atom stereocenters. The van der Waals surface area contributed by atoms with Gasteiger partial charge in [0.1, 0.15) is 12.4 Å². The second kappa shape index (κ2) is 10.9. The summed E-state index contributed by atoms with van der Waals surface area (Å²) in [5.41, 5.74) is 4.09. The molecule has 34 heavy (non-hydrogen) atoms. The van der Waals surface area contributed by atoms with E-state index in [1.54, 1.807) is 42.5 Å². The van der Waals surface area contributed by atoms with Crippen LogP contribution in [0.3, 0.4) is 0 Å². The Balaban J connectivity index is 1.31. The van der Waals surface area contributed by atoms with Crippen LogP contribution in [0.5, 0.6) is 17.2 Å². The summed E-state index contributed by atoms with van der Waals surface area (Å²) in [7, 11) is 0. The minimum absolute atomic E-state index is 0.111. The van der Waals surface area contributed by atoms with Gasteiger partial charge in [-0.1, -0.05) is 41.4 Å². The first-order valence-corrected chi connectivity index (χ1v) is 10.9. The molecule has 2 amide bonds. The minimum atomic E-state index is -0.508. The smallest absolute Gasteiger partial charge is 0.259 e. The van der Waals surface area contributed by atoms with Gasteiger partial charge in [0.15, 0.2) is 11.5 Å². The first-order chi connectivity index (χ1) is 16.5. The number of fused-ring (bicyclic) bond motifs is 1. The lowest BCUT2D eigenvalue weighted by atomic mass is 10.2. The number of hydrogen-bond acceptors (Lipinski definition) is 6. The Morgan fingerprint density at radius 3 is 2.71 bits per heavy atom. The number of nitrogens with zero attached hydrogens (tertiary/aromatic N) is 1. The third kappa shape index (κ3) is 5.98. The van der Waals surface area contributed by atoms with Gasteiger partial charge in [0.2, 0.25) is 6.79 Å². The molecule has 0 radical (unpaired) electrons. The summed E-state index contributed by atoms with van der Waals surface area (Å²) in [6.07, 6.45) is 1.41. The van der Waals surface area contributed by atoms with Gasteiger partial charge in [0.25, 0.3) is 11.8 Å². The molecule has 3 aromatic rings. The molecule has 10 heteroatoms. The Kier molecular flexibility index (Phi) is 7.51. The Hall–Kier alpha value is -3.75. The highest BCUT2D eigenvalue weighted by molar-refractivity contribution is 6.31. The molecule has 3 aromatic carbocycles. The Labute approximate surface area is 205 Å². The van der Waals surface area contributed by atoms with E-state index >= 15 is 0 Å². The standard InChI is InChI=1S/C24H19Cl2N3O5/c25-18-6-8-20(32-13-16-3-1-2-4-19(16)26)17(9-18)11-28-29-23(30)12-27-24(31)15-5-7-21-22(10-15)34-14-33-21/h1-11H,12-14H2,(H,27,31)(H,29,30)/b28-11+. The van der Waals surface area contributed by atoms with Crippen molar-refractivity contribution < 1.29 is 23.8 Å². The fourth-order valence-corrected chi connectivity index (χ4v) is 3.41. The van der Waals surface area contributed by atoms with Gasteiger partial charge in [-0.15, -0.1) is 0 Å². The van der Waals surface area contributed by atoms with Crippen LogP contribution >= 0.6 is 23.2 Å². The molecular weight excluding hydrogens is 481 g/mol. The van der Waals surface area contributed by atoms with E-state index in [1.807, 2.05) is 18.2 Å². The fourth-order valence-electron chi connectivity index (χ4n) is 3.04. The molecule has 0 aromatic heterocycles. The molecule has 0 bridgehead atoms. The molecule has 8 nitrogen and oxygen atoms in total. The van der Waals surface area contributed by atoms with E-state index in [2.05, 4.69) is 15.8 Å². The highest BCUT2D eigenvalue weighted by atomic mass is 35.5. The van der Waals surface area contributed by atoms with Gasteiger partial charge in [-0.2, -0.15) is 5.10 Å². The van der Waals surface area contributed by atoms with Crippen LogP contribution in [0.2, 0.25) is 10.0 Å². The fraction of sp³-hybridized carbons (Fsp3) is 0.125. The number of hydrogen-bond donors (Lipinski definition) is 2. The first-order valence-electron chi connectivity index (χ1n) is 10.1. The van der Waals surface area contributed by atoms with Gasteiger partial charge in [0.05, 0.1) is 12.8 Å². The van der Waals surface area contributed by atoms with E-state index in [1.165, 1.54) is 6.21 Å². The molecule has 0 unspecified atom stereocenters. The van der Waals surface area contributed by atoms with E-state index in [0.717, 1.165) is 5.56 Å². The van der Waals surface area contributed by atoms with Crippen molar-refractivity contribution >= 4 is 41.2 Å². The van der Waals surface area contributed by atoms with Gasteiger partial charge < -0.3 is 19.5 Å². The number of benzene rings is 3. The Bertz CT molecular complexity index is 1250. The molecule has 4 rings (SSSR count). The molecule has 2 N–H and O–H groups in total. The van der Waals surface area contributed by atoms with Crippen molar-refractivity contribution in [3.8, 4) is 17.2 Å². The van der Waals surface area contributed by atoms with Crippen LogP contribution < -0.4 is 25.0 Å². The molecule has 1 aliphatic rings. The zero-order valence-electron chi connectivity index (χ0n) is 17.7. The lowest BCUT2D eigenvalue weighted by molar-refractivity contribution is -0.120. The molecule has 1 aliphatic heterocycles. The highest BCUT2D eigenvalue weighted by Crippen LogP contribution is 2.32. The SMILES string of the molecule is O=C(CNC(=O)c1ccc2c(c1)OCO2)N/N=C/c1cc(Cl)ccc1OCc1ccccc1Cl. The van der Waals surface area contributed by atoms with Crippen LogP contribution in [0.1, 0.15) is 21.5 Å². The third-order valence-electron chi connectivity index (χ3n) is 4.75. The van der Waals surface area contributed by atoms with E-state index in [0.29, 0.717) is 38.4 Å². The van der Waals surface area contributed by atoms with Crippen LogP contribution in [0.15, 0.2) is 65.8 Å². The third-order valence-corrected chi connectivity index (χ3v) is 5.35. The molecule has 0 aliphatic carbocycles. The summed E-state index contributed by atoms with van der Waals surface area (Å²) in [6, 6.07) is 17.2. The number of hydrazone groups is 1. The maximum atomic E-state index is 12.3. The topological polar surface area (TPSA) is 98.3 Å². The zero-order valence-corrected chi connectivity index (χ0v) is 19.2. The number of halogens is 2. The van der Waals surface area contributed by atoms with Crippen molar-refractivity contribution in [2.75, 3.05) is 13.3 Å². The molecule has 1 heterocycles. The van der Waals surface area contributed by atoms with Crippen molar-refractivity contribution in [3.05, 3.63) is 87.4 Å². The molecule has 0 spiro atoms. The van der Waals surface area contributed by atoms with Crippen molar-refractivity contribution in [2.45, 2.75) is 6.61 Å². The summed E-state index contributed by atoms with van der Waals surface area (Å²) in [5.74, 6) is 0.627. The summed E-state index contributed by atoms with van der Waals surface area (Å²) in [5, 5.41) is 7.54. The zero-order chi connectivity index (χ0) is 23.9. The van der Waals surface area contributed by atoms with Gasteiger partial charge >= 0.3 is 0 Å². The van der Waals surface area contributed by atoms with Crippen LogP contribution in [-0.2, 0) is 11.4 Å². The Morgan fingerprint density at radius 2 is 1.85 bits per heavy atom. The van der Waals surface area contributed by atoms with Gasteiger partial charge in [-0.25, -0.2) is 5.43 Å². The number of nitrogens with one attached hydrogen (secondary N) is 2. The monoisotopic (exact) mass is 499 g/mol. The van der Waals surface area contributed by atoms with Crippen LogP contribution in [0.25, 0.3) is 0 Å². The van der Waals surface area contributed by atoms with Crippen molar-refractivity contribution in [3.63, 3.8) is 0 Å². The lowest BCUT2D eigenvalue weighted by Gasteiger charge is -2.10. The molecule has 0 fully saturated rings. The maximum Gasteiger partial charge on any atom is 0.259 e. The van der Waals surface area contributed by atoms with Crippen LogP contribution in [-0.4, -0.2) is 31.4 Å². The maximum absolute atomic E-state index is 12.3. The first kappa shape index (κ1) is 23.4. The highest BCUT2D eigenvalue weighted by Gasteiger charge is 2.16. The van der Waals surface area contributed by atoms with E-state index in [-0.39, 0.29) is 19.9 Å². The second-order valence-electron chi connectivity index (χ2n) is 7.11. The number of carbonyl (C=O) groups is 2. The number of ether oxygens (including phenoxy) is 3. The summed E-state index contributed by atoms with van der Waals surface area (Å²) < 4.78 is 16.3. The average molecular weight is 500 g/mol. The van der Waals surface area contributed by atoms with Crippen molar-refractivity contribution in [1.29, 1.82) is 0 Å². The summed E-state index contributed by atoms with van der Waals surface area (Å²) >= 11 is 12.3. The van der Waals surface area contributed by atoms with Crippen molar-refractivity contribution in [2.24, 2.45) is 5.10 Å². The predicted molar refractivity (Wildman–Crippen MR) is 128 cm³/mol. The van der Waals surface area contributed by atoms with Gasteiger partial charge in [0, 0.05) is 26.7 Å². The molecule has 0 saturated heterocycles. The molecular formula is C24H19Cl2N3O5. The second-order valence-corrected chi connectivity index (χ2v) is 7.95. The minimum Gasteiger partial charge on any atom is -0.488 e. The Morgan fingerprint density at radius 1 is 1.03 bits per heavy atom. The average Bonchev–Trinajstić information content (AvgIpc) is 3.31. The normalized spacial score (nSPS) is 11.9. The lowest BCUT2D eigenvalue weighted by Crippen LogP contribution is -2.34. The summed E-state index contributed by atoms with van der Waals surface area (Å²) in [4.78, 5) is 24.4. The molecule has 174 valence electrons. The largest absolute Gasteiger partial charge is 0.488 e. The van der Waals surface area contributed by atoms with Gasteiger partial charge in [-0.05, 0) is 42.5 Å². The quantitative estimate of drug-likeness (QED) is 0.357. The van der Waals surface area contributed by atoms with E-state index < -0.39 is 11.8 Å². The van der Waals surface area contributed by atoms with Crippen LogP contribution in [0.4, 0.5) is 0 Å². The van der Waals surface area contributed by atoms with Crippen molar-refractivity contribution in [1.82, 2.24) is 10.7 Å². The van der Waals surface area contributed by atoms with E-state index in [9.17, 15) is 9.59 Å². The van der Waals surface area contributed by atoms with E-state index in [4.69, 9.17) is 37.4 Å². The summed E-state index contributed by atoms with van der Waals surface area (Å²) in [6.45, 7) is 0.0939. The number of amides is 2. The molecule has 0 saturated carbocycles. The predicted octanol–water partition coefficient (Wildman–Crippen LogP) is 4.18. The number of carbonyl (C=O) groups excluding carboxylic acids is 2. The number of rotatable bonds is 8. The van der Waals surface area contributed by atoms with Gasteiger partial charge in [-0.3, -0.25) is 9.59 Å². The van der Waals surface area contributed by atoms with Crippen LogP contribution in [0, 0.1) is 0 Å².